The van der Waals surface area contributed by atoms with E-state index in [4.69, 9.17) is 0 Å². The van der Waals surface area contributed by atoms with Crippen LogP contribution in [0.15, 0.2) is 17.6 Å². The van der Waals surface area contributed by atoms with Crippen molar-refractivity contribution in [1.82, 2.24) is 15.3 Å². The molecule has 15 heavy (non-hydrogen) atoms. The van der Waals surface area contributed by atoms with E-state index in [1.807, 2.05) is 0 Å². The number of thioether (sulfide) groups is 1. The molecular weight excluding hydrogens is 213 g/mol. The Kier molecular flexibility index (Phi) is 3.91. The lowest BCUT2D eigenvalue weighted by atomic mass is 10.1. The van der Waals surface area contributed by atoms with Crippen LogP contribution in [-0.4, -0.2) is 28.3 Å². The maximum atomic E-state index is 12.5. The maximum Gasteiger partial charge on any atom is 0.187 e. The minimum Gasteiger partial charge on any atom is -0.313 e. The van der Waals surface area contributed by atoms with Gasteiger partial charge in [-0.2, -0.15) is 0 Å². The van der Waals surface area contributed by atoms with Crippen LogP contribution in [-0.2, 0) is 0 Å². The van der Waals surface area contributed by atoms with Crippen LogP contribution >= 0.6 is 11.8 Å². The Hall–Kier alpha value is -0.680. The fourth-order valence-corrected chi connectivity index (χ4v) is 2.51. The highest BCUT2D eigenvalue weighted by Crippen LogP contribution is 2.17. The van der Waals surface area contributed by atoms with E-state index in [1.165, 1.54) is 31.7 Å². The van der Waals surface area contributed by atoms with E-state index < -0.39 is 0 Å². The maximum absolute atomic E-state index is 12.5. The van der Waals surface area contributed by atoms with Gasteiger partial charge in [-0.15, -0.1) is 0 Å². The molecule has 0 amide bonds. The molecule has 1 N–H and O–H groups in total. The lowest BCUT2D eigenvalue weighted by Crippen LogP contribution is -2.35. The summed E-state index contributed by atoms with van der Waals surface area (Å²) < 4.78 is 12.5. The molecule has 0 aliphatic carbocycles. The Morgan fingerprint density at radius 1 is 1.40 bits per heavy atom. The van der Waals surface area contributed by atoms with E-state index in [0.717, 1.165) is 12.3 Å². The molecule has 2 rings (SSSR count). The predicted molar refractivity (Wildman–Crippen MR) is 58.4 cm³/mol. The molecule has 0 radical (unpaired) electrons. The van der Waals surface area contributed by atoms with Gasteiger partial charge in [-0.25, -0.2) is 14.4 Å². The van der Waals surface area contributed by atoms with Crippen LogP contribution < -0.4 is 5.32 Å². The lowest BCUT2D eigenvalue weighted by molar-refractivity contribution is 0.429. The highest BCUT2D eigenvalue weighted by molar-refractivity contribution is 7.99. The van der Waals surface area contributed by atoms with Crippen molar-refractivity contribution in [3.8, 4) is 0 Å². The van der Waals surface area contributed by atoms with Crippen LogP contribution in [0.3, 0.4) is 0 Å². The van der Waals surface area contributed by atoms with Crippen molar-refractivity contribution >= 4 is 11.8 Å². The largest absolute Gasteiger partial charge is 0.313 e. The molecule has 0 aromatic carbocycles. The summed E-state index contributed by atoms with van der Waals surface area (Å²) >= 11 is 1.58. The van der Waals surface area contributed by atoms with Gasteiger partial charge in [0.15, 0.2) is 11.0 Å². The number of piperidine rings is 1. The van der Waals surface area contributed by atoms with Crippen LogP contribution in [0.4, 0.5) is 4.39 Å². The van der Waals surface area contributed by atoms with Gasteiger partial charge >= 0.3 is 0 Å². The van der Waals surface area contributed by atoms with Crippen LogP contribution in [0.2, 0.25) is 0 Å². The summed E-state index contributed by atoms with van der Waals surface area (Å²) in [7, 11) is 0. The summed E-state index contributed by atoms with van der Waals surface area (Å²) in [4.78, 5) is 7.82. The molecule has 1 aromatic heterocycles. The van der Waals surface area contributed by atoms with Crippen molar-refractivity contribution in [2.75, 3.05) is 12.3 Å². The average molecular weight is 227 g/mol. The van der Waals surface area contributed by atoms with Gasteiger partial charge in [0.2, 0.25) is 0 Å². The first kappa shape index (κ1) is 10.8. The fourth-order valence-electron chi connectivity index (χ4n) is 1.62. The van der Waals surface area contributed by atoms with Crippen molar-refractivity contribution in [2.24, 2.45) is 0 Å². The third-order valence-electron chi connectivity index (χ3n) is 2.42. The second-order valence-electron chi connectivity index (χ2n) is 3.64. The molecule has 1 aliphatic heterocycles. The summed E-state index contributed by atoms with van der Waals surface area (Å²) in [6, 6.07) is 0.553. The molecule has 2 heterocycles. The number of rotatable bonds is 3. The molecule has 0 spiro atoms. The molecule has 1 fully saturated rings. The molecule has 0 unspecified atom stereocenters. The topological polar surface area (TPSA) is 37.8 Å². The van der Waals surface area contributed by atoms with Gasteiger partial charge < -0.3 is 5.32 Å². The molecule has 1 aromatic rings. The zero-order valence-electron chi connectivity index (χ0n) is 8.45. The van der Waals surface area contributed by atoms with Crippen LogP contribution in [0.1, 0.15) is 19.3 Å². The smallest absolute Gasteiger partial charge is 0.187 e. The van der Waals surface area contributed by atoms with Crippen LogP contribution in [0.25, 0.3) is 0 Å². The van der Waals surface area contributed by atoms with Crippen molar-refractivity contribution in [3.63, 3.8) is 0 Å². The predicted octanol–water partition coefficient (Wildman–Crippen LogP) is 1.85. The second-order valence-corrected chi connectivity index (χ2v) is 4.63. The zero-order chi connectivity index (χ0) is 10.5. The van der Waals surface area contributed by atoms with Gasteiger partial charge in [0, 0.05) is 11.8 Å². The average Bonchev–Trinajstić information content (AvgIpc) is 2.30. The standard InChI is InChI=1S/C10H14FN3S/c11-8-5-13-10(14-6-8)15-7-9-3-1-2-4-12-9/h5-6,9,12H,1-4,7H2/t9-/m1/s1. The lowest BCUT2D eigenvalue weighted by Gasteiger charge is -2.22. The summed E-state index contributed by atoms with van der Waals surface area (Å²) in [6.07, 6.45) is 6.21. The van der Waals surface area contributed by atoms with Gasteiger partial charge in [0.25, 0.3) is 0 Å². The summed E-state index contributed by atoms with van der Waals surface area (Å²) in [5.74, 6) is 0.584. The van der Waals surface area contributed by atoms with E-state index in [1.54, 1.807) is 11.8 Å². The van der Waals surface area contributed by atoms with Gasteiger partial charge in [-0.1, -0.05) is 18.2 Å². The first-order valence-electron chi connectivity index (χ1n) is 5.18. The van der Waals surface area contributed by atoms with Crippen LogP contribution in [0.5, 0.6) is 0 Å². The van der Waals surface area contributed by atoms with Gasteiger partial charge in [0.05, 0.1) is 12.4 Å². The minimum atomic E-state index is -0.379. The molecule has 82 valence electrons. The summed E-state index contributed by atoms with van der Waals surface area (Å²) in [5.41, 5.74) is 0. The number of nitrogens with zero attached hydrogens (tertiary/aromatic N) is 2. The molecule has 1 saturated heterocycles. The van der Waals surface area contributed by atoms with E-state index >= 15 is 0 Å². The van der Waals surface area contributed by atoms with Crippen molar-refractivity contribution in [1.29, 1.82) is 0 Å². The molecule has 0 saturated carbocycles. The van der Waals surface area contributed by atoms with Crippen molar-refractivity contribution < 1.29 is 4.39 Å². The molecule has 1 atom stereocenters. The highest BCUT2D eigenvalue weighted by Gasteiger charge is 2.13. The second kappa shape index (κ2) is 5.42. The minimum absolute atomic E-state index is 0.379. The Morgan fingerprint density at radius 3 is 2.87 bits per heavy atom. The van der Waals surface area contributed by atoms with Crippen molar-refractivity contribution in [2.45, 2.75) is 30.5 Å². The fraction of sp³-hybridized carbons (Fsp3) is 0.600. The molecule has 3 nitrogen and oxygen atoms in total. The monoisotopic (exact) mass is 227 g/mol. The normalized spacial score (nSPS) is 21.5. The van der Waals surface area contributed by atoms with E-state index in [0.29, 0.717) is 11.2 Å². The number of nitrogens with one attached hydrogen (secondary N) is 1. The molecule has 5 heteroatoms. The van der Waals surface area contributed by atoms with Gasteiger partial charge in [0.1, 0.15) is 0 Å². The zero-order valence-corrected chi connectivity index (χ0v) is 9.26. The number of halogens is 1. The number of hydrogen-bond donors (Lipinski definition) is 1. The number of aromatic nitrogens is 2. The summed E-state index contributed by atoms with van der Waals surface area (Å²) in [5, 5.41) is 4.11. The highest BCUT2D eigenvalue weighted by atomic mass is 32.2. The molecule has 1 aliphatic rings. The van der Waals surface area contributed by atoms with Gasteiger partial charge in [-0.05, 0) is 19.4 Å². The van der Waals surface area contributed by atoms with Crippen molar-refractivity contribution in [3.05, 3.63) is 18.2 Å². The van der Waals surface area contributed by atoms with Gasteiger partial charge in [-0.3, -0.25) is 0 Å². The SMILES string of the molecule is Fc1cnc(SC[C@H]2CCCCN2)nc1. The molecular formula is C10H14FN3S. The first-order chi connectivity index (χ1) is 7.34. The first-order valence-corrected chi connectivity index (χ1v) is 6.17. The van der Waals surface area contributed by atoms with E-state index in [2.05, 4.69) is 15.3 Å². The van der Waals surface area contributed by atoms with E-state index in [-0.39, 0.29) is 5.82 Å². The Morgan fingerprint density at radius 2 is 2.20 bits per heavy atom. The Labute approximate surface area is 92.9 Å². The number of hydrogen-bond acceptors (Lipinski definition) is 4. The quantitative estimate of drug-likeness (QED) is 0.631. The Balaban J connectivity index is 1.79. The Bertz CT molecular complexity index is 298. The van der Waals surface area contributed by atoms with E-state index in [9.17, 15) is 4.39 Å². The summed E-state index contributed by atoms with van der Waals surface area (Å²) in [6.45, 7) is 1.11. The molecule has 0 bridgehead atoms. The third kappa shape index (κ3) is 3.43. The van der Waals surface area contributed by atoms with Crippen LogP contribution in [0, 0.1) is 5.82 Å². The third-order valence-corrected chi connectivity index (χ3v) is 3.46.